The van der Waals surface area contributed by atoms with Gasteiger partial charge < -0.3 is 24.4 Å². The molecule has 4 fully saturated rings. The molecule has 3 saturated heterocycles. The summed E-state index contributed by atoms with van der Waals surface area (Å²) in [5.41, 5.74) is 4.38. The van der Waals surface area contributed by atoms with Crippen LogP contribution in [0.15, 0.2) is 79.0 Å². The van der Waals surface area contributed by atoms with E-state index in [2.05, 4.69) is 58.6 Å². The summed E-state index contributed by atoms with van der Waals surface area (Å²) in [7, 11) is 0. The molecule has 13 nitrogen and oxygen atoms in total. The second-order valence-electron chi connectivity index (χ2n) is 16.2. The Hall–Kier alpha value is -5.82. The van der Waals surface area contributed by atoms with E-state index < -0.39 is 29.7 Å². The molecule has 1 aliphatic carbocycles. The molecule has 1 saturated carbocycles. The first-order valence-corrected chi connectivity index (χ1v) is 19.3. The summed E-state index contributed by atoms with van der Waals surface area (Å²) in [6, 6.07) is 22.4. The highest BCUT2D eigenvalue weighted by Gasteiger charge is 2.50. The van der Waals surface area contributed by atoms with E-state index in [-0.39, 0.29) is 41.5 Å². The van der Waals surface area contributed by atoms with Crippen LogP contribution in [0.3, 0.4) is 0 Å². The van der Waals surface area contributed by atoms with Crippen molar-refractivity contribution in [1.82, 2.24) is 20.2 Å². The molecule has 288 valence electrons. The molecular weight excluding hydrogens is 713 g/mol. The Morgan fingerprint density at radius 3 is 2.29 bits per heavy atom. The monoisotopic (exact) mass is 756 g/mol. The predicted molar refractivity (Wildman–Crippen MR) is 206 cm³/mol. The van der Waals surface area contributed by atoms with Gasteiger partial charge >= 0.3 is 0 Å². The number of imide groups is 2. The molecule has 13 heteroatoms. The van der Waals surface area contributed by atoms with E-state index in [9.17, 15) is 19.2 Å². The normalized spacial score (nSPS) is 22.7. The van der Waals surface area contributed by atoms with Gasteiger partial charge in [-0.1, -0.05) is 38.1 Å². The molecule has 56 heavy (non-hydrogen) atoms. The zero-order chi connectivity index (χ0) is 38.6. The fourth-order valence-electron chi connectivity index (χ4n) is 8.52. The molecule has 4 aromatic rings. The summed E-state index contributed by atoms with van der Waals surface area (Å²) >= 11 is 0. The lowest BCUT2D eigenvalue weighted by atomic mass is 9.78. The lowest BCUT2D eigenvalue weighted by Gasteiger charge is -2.54. The minimum atomic E-state index is -0.997. The van der Waals surface area contributed by atoms with Crippen LogP contribution < -0.4 is 25.0 Å². The highest BCUT2D eigenvalue weighted by molar-refractivity contribution is 6.23. The fourth-order valence-corrected chi connectivity index (χ4v) is 8.52. The number of hydrogen-bond acceptors (Lipinski definition) is 11. The summed E-state index contributed by atoms with van der Waals surface area (Å²) in [5, 5.41) is 5.77. The number of amides is 4. The summed E-state index contributed by atoms with van der Waals surface area (Å²) in [6.07, 6.45) is 4.64. The zero-order valence-electron chi connectivity index (χ0n) is 31.5. The van der Waals surface area contributed by atoms with Crippen LogP contribution in [0.5, 0.6) is 11.5 Å². The molecule has 5 aliphatic rings. The van der Waals surface area contributed by atoms with E-state index in [0.29, 0.717) is 17.7 Å². The number of aromatic nitrogens is 2. The van der Waals surface area contributed by atoms with Gasteiger partial charge in [0.25, 0.3) is 11.8 Å². The van der Waals surface area contributed by atoms with Crippen molar-refractivity contribution in [2.75, 3.05) is 36.5 Å². The number of anilines is 2. The molecule has 9 rings (SSSR count). The Labute approximate surface area is 324 Å². The number of nitrogens with zero attached hydrogens (tertiary/aromatic N) is 4. The number of carbonyl (C=O) groups is 4. The minimum Gasteiger partial charge on any atom is -0.488 e. The molecule has 2 N–H and O–H groups in total. The molecule has 5 heterocycles. The maximum absolute atomic E-state index is 13.3. The molecule has 1 aromatic heterocycles. The number of carbonyl (C=O) groups excluding carboxylic acids is 4. The zero-order valence-corrected chi connectivity index (χ0v) is 31.5. The second-order valence-corrected chi connectivity index (χ2v) is 16.2. The maximum Gasteiger partial charge on any atom is 0.262 e. The van der Waals surface area contributed by atoms with E-state index in [1.165, 1.54) is 0 Å². The summed E-state index contributed by atoms with van der Waals surface area (Å²) in [4.78, 5) is 62.9. The van der Waals surface area contributed by atoms with E-state index in [0.717, 1.165) is 84.7 Å². The van der Waals surface area contributed by atoms with Crippen molar-refractivity contribution < 1.29 is 33.4 Å². The average molecular weight is 757 g/mol. The van der Waals surface area contributed by atoms with E-state index in [4.69, 9.17) is 19.2 Å². The predicted octanol–water partition coefficient (Wildman–Crippen LogP) is 5.03. The molecule has 1 unspecified atom stereocenters. The van der Waals surface area contributed by atoms with Crippen LogP contribution in [-0.4, -0.2) is 83.0 Å². The minimum absolute atomic E-state index is 0.00437. The van der Waals surface area contributed by atoms with Crippen molar-refractivity contribution in [3.63, 3.8) is 0 Å². The molecule has 0 radical (unpaired) electrons. The third-order valence-electron chi connectivity index (χ3n) is 11.9. The lowest BCUT2D eigenvalue weighted by molar-refractivity contribution is -0.136. The Kier molecular flexibility index (Phi) is 8.99. The van der Waals surface area contributed by atoms with Crippen LogP contribution in [0.25, 0.3) is 0 Å². The van der Waals surface area contributed by atoms with Gasteiger partial charge in [-0.3, -0.25) is 29.4 Å². The number of rotatable bonds is 11. The third-order valence-corrected chi connectivity index (χ3v) is 11.9. The fraction of sp³-hybridized carbons (Fsp3) is 0.395. The lowest BCUT2D eigenvalue weighted by Crippen LogP contribution is -2.66. The van der Waals surface area contributed by atoms with Crippen LogP contribution in [0, 0.1) is 5.41 Å². The summed E-state index contributed by atoms with van der Waals surface area (Å²) < 4.78 is 18.0. The van der Waals surface area contributed by atoms with Crippen LogP contribution in [0.1, 0.15) is 83.5 Å². The van der Waals surface area contributed by atoms with Gasteiger partial charge in [0.1, 0.15) is 30.3 Å². The molecule has 0 bridgehead atoms. The number of fused-ring (bicyclic) bond motifs is 1. The van der Waals surface area contributed by atoms with Gasteiger partial charge in [-0.05, 0) is 85.3 Å². The number of piperidine rings is 1. The number of benzene rings is 3. The first-order valence-electron chi connectivity index (χ1n) is 19.3. The molecule has 1 spiro atoms. The first kappa shape index (κ1) is 35.9. The average Bonchev–Trinajstić information content (AvgIpc) is 3.69. The molecule has 3 atom stereocenters. The summed E-state index contributed by atoms with van der Waals surface area (Å²) in [5.74, 6) is 0.226. The van der Waals surface area contributed by atoms with Crippen molar-refractivity contribution in [2.24, 2.45) is 5.41 Å². The van der Waals surface area contributed by atoms with Gasteiger partial charge in [0.2, 0.25) is 17.8 Å². The maximum atomic E-state index is 13.3. The van der Waals surface area contributed by atoms with Crippen molar-refractivity contribution in [3.8, 4) is 11.5 Å². The van der Waals surface area contributed by atoms with Crippen molar-refractivity contribution in [2.45, 2.75) is 76.2 Å². The number of ether oxygens (including phenoxy) is 3. The van der Waals surface area contributed by atoms with E-state index >= 15 is 0 Å². The smallest absolute Gasteiger partial charge is 0.262 e. The Balaban J connectivity index is 0.795. The highest BCUT2D eigenvalue weighted by atomic mass is 16.5. The molecule has 3 aromatic carbocycles. The van der Waals surface area contributed by atoms with Gasteiger partial charge in [-0.15, -0.1) is 0 Å². The topological polar surface area (TPSA) is 152 Å². The Bertz CT molecular complexity index is 2200. The number of nitrogens with one attached hydrogen (secondary N) is 2. The van der Waals surface area contributed by atoms with Gasteiger partial charge in [0.15, 0.2) is 0 Å². The molecule has 4 amide bonds. The molecular formula is C43H44N6O7. The van der Waals surface area contributed by atoms with E-state index in [1.54, 1.807) is 24.4 Å². The largest absolute Gasteiger partial charge is 0.488 e. The van der Waals surface area contributed by atoms with Gasteiger partial charge in [-0.25, -0.2) is 9.97 Å². The van der Waals surface area contributed by atoms with Crippen LogP contribution >= 0.6 is 0 Å². The Morgan fingerprint density at radius 1 is 0.875 bits per heavy atom. The number of hydrogen-bond donors (Lipinski definition) is 2. The third kappa shape index (κ3) is 6.63. The van der Waals surface area contributed by atoms with E-state index in [1.807, 2.05) is 30.3 Å². The Morgan fingerprint density at radius 2 is 1.59 bits per heavy atom. The van der Waals surface area contributed by atoms with Gasteiger partial charge in [0.05, 0.1) is 41.5 Å². The van der Waals surface area contributed by atoms with Crippen LogP contribution in [-0.2, 0) is 26.3 Å². The standard InChI is InChI=1S/C43H44N6O7/c1-42(2,26-6-11-30(12-7-26)55-21-29-18-19-44-41(46-29)48-22-43(23-48)24-54-25-43)27-8-13-31(14-9-27)56-36-5-3-4-34(36)45-28-10-15-32-33(20-28)40(53)49(39(32)52)35-16-17-37(50)47-38(35)51/h6-15,18-20,34-36,45H,3-5,16-17,21-25H2,1-2H3,(H,47,50,51)/t34-,35?,36-/m1/s1. The van der Waals surface area contributed by atoms with Crippen molar-refractivity contribution >= 4 is 35.3 Å². The van der Waals surface area contributed by atoms with Crippen LogP contribution in [0.2, 0.25) is 0 Å². The second kappa shape index (κ2) is 14.0. The van der Waals surface area contributed by atoms with Crippen molar-refractivity contribution in [1.29, 1.82) is 0 Å². The summed E-state index contributed by atoms with van der Waals surface area (Å²) in [6.45, 7) is 8.29. The SMILES string of the molecule is CC(C)(c1ccc(OCc2ccnc(N3CC4(COC4)C3)n2)cc1)c1ccc(O[C@@H]2CCC[C@H]2Nc2ccc3c(c2)C(=O)N(C2CCC(=O)NC2=O)C3=O)cc1. The van der Waals surface area contributed by atoms with Gasteiger partial charge in [0, 0.05) is 36.8 Å². The van der Waals surface area contributed by atoms with Gasteiger partial charge in [-0.2, -0.15) is 0 Å². The highest BCUT2D eigenvalue weighted by Crippen LogP contribution is 2.39. The van der Waals surface area contributed by atoms with Crippen molar-refractivity contribution in [3.05, 3.63) is 107 Å². The van der Waals surface area contributed by atoms with Crippen LogP contribution in [0.4, 0.5) is 11.6 Å². The molecule has 4 aliphatic heterocycles. The quantitative estimate of drug-likeness (QED) is 0.198. The first-order chi connectivity index (χ1) is 27.0.